The SMILES string of the molecule is O=C(/C=C/c1cnc2ccccc2n1)OCC(=O)N1N=C(c2cccs2)CC1c1cccs1. The molecule has 0 aliphatic carbocycles. The number of fused-ring (bicyclic) bond motifs is 1. The number of amides is 1. The van der Waals surface area contributed by atoms with Crippen LogP contribution in [0.15, 0.2) is 76.7 Å². The van der Waals surface area contributed by atoms with Gasteiger partial charge in [-0.25, -0.2) is 14.8 Å². The maximum atomic E-state index is 12.9. The number of hydrogen-bond donors (Lipinski definition) is 0. The van der Waals surface area contributed by atoms with Gasteiger partial charge in [0, 0.05) is 17.4 Å². The molecule has 0 saturated heterocycles. The van der Waals surface area contributed by atoms with E-state index in [1.165, 1.54) is 17.2 Å². The van der Waals surface area contributed by atoms with Crippen molar-refractivity contribution in [2.45, 2.75) is 12.5 Å². The second-order valence-electron chi connectivity index (χ2n) is 7.22. The van der Waals surface area contributed by atoms with Crippen LogP contribution < -0.4 is 0 Å². The Balaban J connectivity index is 1.24. The lowest BCUT2D eigenvalue weighted by Gasteiger charge is -2.20. The van der Waals surface area contributed by atoms with Crippen LogP contribution in [-0.4, -0.2) is 39.2 Å². The van der Waals surface area contributed by atoms with Crippen LogP contribution >= 0.6 is 22.7 Å². The van der Waals surface area contributed by atoms with Gasteiger partial charge in [-0.3, -0.25) is 9.78 Å². The van der Waals surface area contributed by atoms with Gasteiger partial charge in [0.2, 0.25) is 0 Å². The highest BCUT2D eigenvalue weighted by Gasteiger charge is 2.34. The Labute approximate surface area is 197 Å². The summed E-state index contributed by atoms with van der Waals surface area (Å²) in [6, 6.07) is 15.2. The van der Waals surface area contributed by atoms with Crippen molar-refractivity contribution in [3.63, 3.8) is 0 Å². The highest BCUT2D eigenvalue weighted by molar-refractivity contribution is 7.12. The molecule has 1 unspecified atom stereocenters. The van der Waals surface area contributed by atoms with Crippen molar-refractivity contribution in [2.24, 2.45) is 5.10 Å². The van der Waals surface area contributed by atoms with Crippen LogP contribution in [0.2, 0.25) is 0 Å². The van der Waals surface area contributed by atoms with Crippen LogP contribution in [0.25, 0.3) is 17.1 Å². The predicted octanol–water partition coefficient (Wildman–Crippen LogP) is 4.69. The summed E-state index contributed by atoms with van der Waals surface area (Å²) >= 11 is 3.16. The van der Waals surface area contributed by atoms with Gasteiger partial charge in [0.15, 0.2) is 6.61 Å². The number of carbonyl (C=O) groups is 2. The Kier molecular flexibility index (Phi) is 6.05. The molecular weight excluding hydrogens is 456 g/mol. The Morgan fingerprint density at radius 1 is 1.06 bits per heavy atom. The molecule has 1 aliphatic rings. The molecule has 5 rings (SSSR count). The van der Waals surface area contributed by atoms with Gasteiger partial charge in [-0.05, 0) is 41.1 Å². The Hall–Kier alpha value is -3.69. The molecule has 0 spiro atoms. The molecular formula is C24H18N4O3S2. The standard InChI is InChI=1S/C24H18N4O3S2/c29-23(15-31-24(30)10-9-16-14-25-17-5-1-2-6-18(17)26-16)28-20(22-8-4-12-33-22)13-19(27-28)21-7-3-11-32-21/h1-12,14,20H,13,15H2/b10-9+. The molecule has 1 atom stereocenters. The van der Waals surface area contributed by atoms with E-state index in [1.807, 2.05) is 59.3 Å². The van der Waals surface area contributed by atoms with Gasteiger partial charge in [-0.1, -0.05) is 24.3 Å². The minimum atomic E-state index is -0.632. The van der Waals surface area contributed by atoms with Gasteiger partial charge < -0.3 is 4.74 Å². The number of thiophene rings is 2. The van der Waals surface area contributed by atoms with E-state index >= 15 is 0 Å². The number of para-hydroxylation sites is 2. The lowest BCUT2D eigenvalue weighted by molar-refractivity contribution is -0.149. The Morgan fingerprint density at radius 3 is 2.67 bits per heavy atom. The normalized spacial score (nSPS) is 15.8. The first-order chi connectivity index (χ1) is 16.2. The summed E-state index contributed by atoms with van der Waals surface area (Å²) in [5.41, 5.74) is 2.89. The van der Waals surface area contributed by atoms with Crippen molar-refractivity contribution >= 4 is 57.4 Å². The van der Waals surface area contributed by atoms with E-state index in [4.69, 9.17) is 4.74 Å². The Bertz CT molecular complexity index is 1350. The summed E-state index contributed by atoms with van der Waals surface area (Å²) in [5, 5.41) is 9.95. The monoisotopic (exact) mass is 474 g/mol. The van der Waals surface area contributed by atoms with E-state index in [9.17, 15) is 9.59 Å². The molecule has 33 heavy (non-hydrogen) atoms. The number of nitrogens with zero attached hydrogens (tertiary/aromatic N) is 4. The van der Waals surface area contributed by atoms with Crippen molar-refractivity contribution in [3.05, 3.63) is 87.0 Å². The summed E-state index contributed by atoms with van der Waals surface area (Å²) in [6.07, 6.45) is 4.96. The third kappa shape index (κ3) is 4.74. The average Bonchev–Trinajstić information content (AvgIpc) is 3.61. The molecule has 0 saturated carbocycles. The Morgan fingerprint density at radius 2 is 1.88 bits per heavy atom. The zero-order chi connectivity index (χ0) is 22.6. The maximum absolute atomic E-state index is 12.9. The van der Waals surface area contributed by atoms with E-state index in [0.29, 0.717) is 12.1 Å². The minimum Gasteiger partial charge on any atom is -0.452 e. The minimum absolute atomic E-state index is 0.197. The van der Waals surface area contributed by atoms with Gasteiger partial charge in [0.25, 0.3) is 5.91 Å². The maximum Gasteiger partial charge on any atom is 0.331 e. The van der Waals surface area contributed by atoms with Crippen LogP contribution in [0, 0.1) is 0 Å². The number of aromatic nitrogens is 2. The van der Waals surface area contributed by atoms with Gasteiger partial charge in [0.1, 0.15) is 0 Å². The molecule has 1 aromatic carbocycles. The highest BCUT2D eigenvalue weighted by atomic mass is 32.1. The molecule has 0 N–H and O–H groups in total. The van der Waals surface area contributed by atoms with Crippen molar-refractivity contribution in [1.29, 1.82) is 0 Å². The van der Waals surface area contributed by atoms with Gasteiger partial charge in [0.05, 0.1) is 39.6 Å². The molecule has 1 amide bonds. The second-order valence-corrected chi connectivity index (χ2v) is 9.15. The fourth-order valence-corrected chi connectivity index (χ4v) is 5.02. The fourth-order valence-electron chi connectivity index (χ4n) is 3.49. The summed E-state index contributed by atoms with van der Waals surface area (Å²) < 4.78 is 5.19. The third-order valence-corrected chi connectivity index (χ3v) is 6.93. The van der Waals surface area contributed by atoms with Crippen molar-refractivity contribution in [3.8, 4) is 0 Å². The summed E-state index contributed by atoms with van der Waals surface area (Å²) in [6.45, 7) is -0.393. The first kappa shape index (κ1) is 21.2. The highest BCUT2D eigenvalue weighted by Crippen LogP contribution is 2.35. The van der Waals surface area contributed by atoms with Crippen molar-refractivity contribution < 1.29 is 14.3 Å². The van der Waals surface area contributed by atoms with Crippen molar-refractivity contribution in [1.82, 2.24) is 15.0 Å². The molecule has 0 radical (unpaired) electrons. The molecule has 7 nitrogen and oxygen atoms in total. The zero-order valence-corrected chi connectivity index (χ0v) is 19.0. The van der Waals surface area contributed by atoms with E-state index in [0.717, 1.165) is 26.5 Å². The van der Waals surface area contributed by atoms with Gasteiger partial charge in [-0.15, -0.1) is 22.7 Å². The number of ether oxygens (including phenoxy) is 1. The number of carbonyl (C=O) groups excluding carboxylic acids is 2. The molecule has 4 heterocycles. The van der Waals surface area contributed by atoms with Gasteiger partial charge >= 0.3 is 5.97 Å². The third-order valence-electron chi connectivity index (χ3n) is 5.04. The molecule has 0 bridgehead atoms. The largest absolute Gasteiger partial charge is 0.452 e. The number of hydrazone groups is 1. The molecule has 1 aliphatic heterocycles. The van der Waals surface area contributed by atoms with Crippen LogP contribution in [0.3, 0.4) is 0 Å². The van der Waals surface area contributed by atoms with E-state index in [1.54, 1.807) is 28.9 Å². The number of hydrogen-bond acceptors (Lipinski definition) is 8. The van der Waals surface area contributed by atoms with Gasteiger partial charge in [-0.2, -0.15) is 5.10 Å². The molecule has 9 heteroatoms. The van der Waals surface area contributed by atoms with E-state index in [2.05, 4.69) is 15.1 Å². The predicted molar refractivity (Wildman–Crippen MR) is 129 cm³/mol. The average molecular weight is 475 g/mol. The smallest absolute Gasteiger partial charge is 0.331 e. The molecule has 0 fully saturated rings. The summed E-state index contributed by atoms with van der Waals surface area (Å²) in [4.78, 5) is 35.9. The first-order valence-corrected chi connectivity index (χ1v) is 12.0. The lowest BCUT2D eigenvalue weighted by atomic mass is 10.1. The quantitative estimate of drug-likeness (QED) is 0.299. The summed E-state index contributed by atoms with van der Waals surface area (Å²) in [7, 11) is 0. The first-order valence-electron chi connectivity index (χ1n) is 10.2. The van der Waals surface area contributed by atoms with Crippen LogP contribution in [-0.2, 0) is 14.3 Å². The fraction of sp³-hybridized carbons (Fsp3) is 0.125. The van der Waals surface area contributed by atoms with Crippen LogP contribution in [0.1, 0.15) is 27.9 Å². The lowest BCUT2D eigenvalue weighted by Crippen LogP contribution is -2.30. The van der Waals surface area contributed by atoms with E-state index < -0.39 is 12.6 Å². The molecule has 3 aromatic heterocycles. The summed E-state index contributed by atoms with van der Waals surface area (Å²) in [5.74, 6) is -1.00. The van der Waals surface area contributed by atoms with Crippen LogP contribution in [0.5, 0.6) is 0 Å². The molecule has 164 valence electrons. The number of esters is 1. The topological polar surface area (TPSA) is 84.8 Å². The molecule has 4 aromatic rings. The number of benzene rings is 1. The van der Waals surface area contributed by atoms with E-state index in [-0.39, 0.29) is 11.9 Å². The second kappa shape index (κ2) is 9.43. The zero-order valence-electron chi connectivity index (χ0n) is 17.3. The number of rotatable bonds is 6. The van der Waals surface area contributed by atoms with Crippen molar-refractivity contribution in [2.75, 3.05) is 6.61 Å². The van der Waals surface area contributed by atoms with Crippen LogP contribution in [0.4, 0.5) is 0 Å².